The smallest absolute Gasteiger partial charge is 0.407 e. The van der Waals surface area contributed by atoms with E-state index in [9.17, 15) is 14.4 Å². The Kier molecular flexibility index (Phi) is 7.28. The Hall–Kier alpha value is -3.35. The molecule has 1 aliphatic carbocycles. The summed E-state index contributed by atoms with van der Waals surface area (Å²) in [5.74, 6) is -1.40. The van der Waals surface area contributed by atoms with Crippen LogP contribution in [0, 0.1) is 0 Å². The molecule has 0 heterocycles. The predicted octanol–water partition coefficient (Wildman–Crippen LogP) is 3.63. The zero-order valence-corrected chi connectivity index (χ0v) is 17.8. The van der Waals surface area contributed by atoms with Crippen molar-refractivity contribution in [3.63, 3.8) is 0 Å². The number of amides is 2. The molecule has 31 heavy (non-hydrogen) atoms. The van der Waals surface area contributed by atoms with Crippen LogP contribution in [-0.4, -0.2) is 53.7 Å². The first-order valence-corrected chi connectivity index (χ1v) is 10.5. The molecule has 0 saturated carbocycles. The molecular weight excluding hydrogens is 396 g/mol. The lowest BCUT2D eigenvalue weighted by molar-refractivity contribution is -0.144. The van der Waals surface area contributed by atoms with Crippen molar-refractivity contribution in [1.29, 1.82) is 0 Å². The van der Waals surface area contributed by atoms with Gasteiger partial charge in [0.05, 0.1) is 0 Å². The maximum atomic E-state index is 12.4. The molecule has 1 unspecified atom stereocenters. The normalized spacial score (nSPS) is 13.1. The highest BCUT2D eigenvalue weighted by molar-refractivity contribution is 5.82. The molecule has 0 bridgehead atoms. The molecule has 0 fully saturated rings. The van der Waals surface area contributed by atoms with Crippen LogP contribution in [0.5, 0.6) is 0 Å². The molecule has 1 aliphatic rings. The quantitative estimate of drug-likeness (QED) is 0.641. The van der Waals surface area contributed by atoms with Crippen molar-refractivity contribution >= 4 is 18.0 Å². The molecule has 2 aromatic carbocycles. The Bertz CT molecular complexity index is 913. The molecular formula is C24H28N2O5. The van der Waals surface area contributed by atoms with E-state index in [-0.39, 0.29) is 31.4 Å². The molecule has 2 aromatic rings. The van der Waals surface area contributed by atoms with Gasteiger partial charge in [0.25, 0.3) is 0 Å². The summed E-state index contributed by atoms with van der Waals surface area (Å²) in [5.41, 5.74) is 4.56. The highest BCUT2D eigenvalue weighted by Gasteiger charge is 2.29. The molecule has 2 N–H and O–H groups in total. The summed E-state index contributed by atoms with van der Waals surface area (Å²) in [4.78, 5) is 37.0. The van der Waals surface area contributed by atoms with Crippen LogP contribution in [0.3, 0.4) is 0 Å². The van der Waals surface area contributed by atoms with E-state index in [4.69, 9.17) is 9.84 Å². The van der Waals surface area contributed by atoms with Crippen molar-refractivity contribution in [1.82, 2.24) is 10.2 Å². The van der Waals surface area contributed by atoms with E-state index >= 15 is 0 Å². The van der Waals surface area contributed by atoms with Gasteiger partial charge >= 0.3 is 12.1 Å². The minimum absolute atomic E-state index is 0.0114. The third kappa shape index (κ3) is 5.42. The SMILES string of the molecule is CCCN(CC(=O)O)C(=O)CC(C)NC(=O)OCC1c2ccccc2-c2ccccc21. The topological polar surface area (TPSA) is 95.9 Å². The Morgan fingerprint density at radius 3 is 2.19 bits per heavy atom. The van der Waals surface area contributed by atoms with Crippen LogP contribution in [0.25, 0.3) is 11.1 Å². The fourth-order valence-electron chi connectivity index (χ4n) is 4.01. The van der Waals surface area contributed by atoms with Crippen molar-refractivity contribution in [2.75, 3.05) is 19.7 Å². The fraction of sp³-hybridized carbons (Fsp3) is 0.375. The van der Waals surface area contributed by atoms with Gasteiger partial charge in [-0.25, -0.2) is 4.79 Å². The van der Waals surface area contributed by atoms with Crippen molar-refractivity contribution in [2.24, 2.45) is 0 Å². The van der Waals surface area contributed by atoms with E-state index in [1.54, 1.807) is 6.92 Å². The number of carbonyl (C=O) groups is 3. The molecule has 0 radical (unpaired) electrons. The van der Waals surface area contributed by atoms with E-state index < -0.39 is 18.1 Å². The maximum Gasteiger partial charge on any atom is 0.407 e. The van der Waals surface area contributed by atoms with Crippen LogP contribution in [0.15, 0.2) is 48.5 Å². The number of carboxylic acids is 1. The van der Waals surface area contributed by atoms with Gasteiger partial charge < -0.3 is 20.1 Å². The number of ether oxygens (including phenoxy) is 1. The summed E-state index contributed by atoms with van der Waals surface area (Å²) in [6, 6.07) is 15.7. The molecule has 0 aromatic heterocycles. The lowest BCUT2D eigenvalue weighted by Crippen LogP contribution is -2.41. The van der Waals surface area contributed by atoms with Gasteiger partial charge in [-0.05, 0) is 35.6 Å². The van der Waals surface area contributed by atoms with Crippen LogP contribution < -0.4 is 5.32 Å². The fourth-order valence-corrected chi connectivity index (χ4v) is 4.01. The van der Waals surface area contributed by atoms with Gasteiger partial charge in [0.2, 0.25) is 5.91 Å². The molecule has 3 rings (SSSR count). The summed E-state index contributed by atoms with van der Waals surface area (Å²) in [6.45, 7) is 3.79. The Labute approximate surface area is 182 Å². The highest BCUT2D eigenvalue weighted by atomic mass is 16.5. The second-order valence-electron chi connectivity index (χ2n) is 7.78. The second-order valence-corrected chi connectivity index (χ2v) is 7.78. The number of fused-ring (bicyclic) bond motifs is 3. The third-order valence-corrected chi connectivity index (χ3v) is 5.36. The Balaban J connectivity index is 1.56. The number of hydrogen-bond acceptors (Lipinski definition) is 4. The lowest BCUT2D eigenvalue weighted by Gasteiger charge is -2.22. The highest BCUT2D eigenvalue weighted by Crippen LogP contribution is 2.44. The maximum absolute atomic E-state index is 12.4. The monoisotopic (exact) mass is 424 g/mol. The molecule has 0 aliphatic heterocycles. The van der Waals surface area contributed by atoms with Crippen molar-refractivity contribution in [3.05, 3.63) is 59.7 Å². The average molecular weight is 424 g/mol. The van der Waals surface area contributed by atoms with Gasteiger partial charge in [0, 0.05) is 24.9 Å². The van der Waals surface area contributed by atoms with E-state index in [1.165, 1.54) is 4.90 Å². The molecule has 2 amide bonds. The summed E-state index contributed by atoms with van der Waals surface area (Å²) < 4.78 is 5.50. The number of aliphatic carboxylic acids is 1. The molecule has 1 atom stereocenters. The summed E-state index contributed by atoms with van der Waals surface area (Å²) in [7, 11) is 0. The van der Waals surface area contributed by atoms with Gasteiger partial charge in [-0.2, -0.15) is 0 Å². The van der Waals surface area contributed by atoms with E-state index in [0.29, 0.717) is 13.0 Å². The van der Waals surface area contributed by atoms with Crippen LogP contribution in [0.1, 0.15) is 43.7 Å². The molecule has 7 nitrogen and oxygen atoms in total. The van der Waals surface area contributed by atoms with Crippen LogP contribution in [0.4, 0.5) is 4.79 Å². The Morgan fingerprint density at radius 1 is 1.06 bits per heavy atom. The van der Waals surface area contributed by atoms with E-state index in [2.05, 4.69) is 17.4 Å². The number of rotatable bonds is 9. The number of carbonyl (C=O) groups excluding carboxylic acids is 2. The van der Waals surface area contributed by atoms with E-state index in [1.807, 2.05) is 43.3 Å². The molecule has 164 valence electrons. The first-order valence-electron chi connectivity index (χ1n) is 10.5. The van der Waals surface area contributed by atoms with Gasteiger partial charge in [-0.3, -0.25) is 9.59 Å². The number of nitrogens with one attached hydrogen (secondary N) is 1. The van der Waals surface area contributed by atoms with Crippen molar-refractivity contribution in [2.45, 2.75) is 38.6 Å². The van der Waals surface area contributed by atoms with Gasteiger partial charge in [0.15, 0.2) is 0 Å². The average Bonchev–Trinajstić information content (AvgIpc) is 3.05. The zero-order valence-electron chi connectivity index (χ0n) is 17.8. The van der Waals surface area contributed by atoms with Gasteiger partial charge in [0.1, 0.15) is 13.2 Å². The first kappa shape index (κ1) is 22.3. The summed E-state index contributed by atoms with van der Waals surface area (Å²) in [6.07, 6.45) is 0.0763. The Morgan fingerprint density at radius 2 is 1.65 bits per heavy atom. The minimum atomic E-state index is -1.06. The molecule has 0 saturated heterocycles. The van der Waals surface area contributed by atoms with Crippen molar-refractivity contribution < 1.29 is 24.2 Å². The largest absolute Gasteiger partial charge is 0.480 e. The number of carboxylic acid groups (broad SMARTS) is 1. The molecule has 7 heteroatoms. The number of nitrogens with zero attached hydrogens (tertiary/aromatic N) is 1. The van der Waals surface area contributed by atoms with Crippen LogP contribution in [-0.2, 0) is 14.3 Å². The van der Waals surface area contributed by atoms with Gasteiger partial charge in [-0.1, -0.05) is 55.5 Å². The molecule has 0 spiro atoms. The third-order valence-electron chi connectivity index (χ3n) is 5.36. The van der Waals surface area contributed by atoms with Crippen LogP contribution >= 0.6 is 0 Å². The predicted molar refractivity (Wildman–Crippen MR) is 117 cm³/mol. The van der Waals surface area contributed by atoms with Gasteiger partial charge in [-0.15, -0.1) is 0 Å². The lowest BCUT2D eigenvalue weighted by atomic mass is 9.98. The second kappa shape index (κ2) is 10.1. The minimum Gasteiger partial charge on any atom is -0.480 e. The van der Waals surface area contributed by atoms with E-state index in [0.717, 1.165) is 22.3 Å². The number of alkyl carbamates (subject to hydrolysis) is 1. The standard InChI is InChI=1S/C24H28N2O5/c1-3-12-26(14-23(28)29)22(27)13-16(2)25-24(30)31-15-21-19-10-6-4-8-17(19)18-9-5-7-11-20(18)21/h4-11,16,21H,3,12-15H2,1-2H3,(H,25,30)(H,28,29). The van der Waals surface area contributed by atoms with Crippen LogP contribution in [0.2, 0.25) is 0 Å². The first-order chi connectivity index (χ1) is 14.9. The zero-order chi connectivity index (χ0) is 22.4. The number of benzene rings is 2. The summed E-state index contributed by atoms with van der Waals surface area (Å²) >= 11 is 0. The number of hydrogen-bond donors (Lipinski definition) is 2. The summed E-state index contributed by atoms with van der Waals surface area (Å²) in [5, 5.41) is 11.6. The van der Waals surface area contributed by atoms with Crippen molar-refractivity contribution in [3.8, 4) is 11.1 Å².